The topological polar surface area (TPSA) is 41.9 Å². The molecule has 0 N–H and O–H groups in total. The highest BCUT2D eigenvalue weighted by atomic mass is 19.1. The molecule has 0 fully saturated rings. The van der Waals surface area contributed by atoms with E-state index in [0.29, 0.717) is 11.3 Å². The lowest BCUT2D eigenvalue weighted by Gasteiger charge is -2.26. The Morgan fingerprint density at radius 2 is 1.93 bits per heavy atom. The molecule has 1 aliphatic rings. The van der Waals surface area contributed by atoms with Crippen LogP contribution in [0.1, 0.15) is 31.4 Å². The summed E-state index contributed by atoms with van der Waals surface area (Å²) in [4.78, 5) is 19.5. The molecular weight excluding hydrogens is 369 g/mol. The van der Waals surface area contributed by atoms with Gasteiger partial charge in [0, 0.05) is 36.1 Å². The molecule has 1 heterocycles. The highest BCUT2D eigenvalue weighted by Gasteiger charge is 2.29. The first-order valence-corrected chi connectivity index (χ1v) is 9.05. The second-order valence-corrected chi connectivity index (χ2v) is 7.06. The number of carbonyl (C=O) groups excluding carboxylic acids is 1. The molecule has 1 atom stereocenters. The van der Waals surface area contributed by atoms with Crippen molar-refractivity contribution in [1.82, 2.24) is 4.90 Å². The second kappa shape index (κ2) is 8.46. The van der Waals surface area contributed by atoms with Gasteiger partial charge in [0.1, 0.15) is 17.5 Å². The highest BCUT2D eigenvalue weighted by Crippen LogP contribution is 2.22. The summed E-state index contributed by atoms with van der Waals surface area (Å²) in [6, 6.07) is 9.52. The predicted octanol–water partition coefficient (Wildman–Crippen LogP) is 4.28. The summed E-state index contributed by atoms with van der Waals surface area (Å²) >= 11 is 0. The van der Waals surface area contributed by atoms with Gasteiger partial charge in [0.15, 0.2) is 6.10 Å². The molecule has 2 aromatic carbocycles. The number of oxime groups is 1. The van der Waals surface area contributed by atoms with E-state index in [4.69, 9.17) is 4.84 Å². The minimum absolute atomic E-state index is 0.101. The van der Waals surface area contributed by atoms with Crippen molar-refractivity contribution in [2.75, 3.05) is 6.54 Å². The summed E-state index contributed by atoms with van der Waals surface area (Å²) < 4.78 is 41.1. The van der Waals surface area contributed by atoms with E-state index in [-0.39, 0.29) is 42.7 Å². The average molecular weight is 390 g/mol. The second-order valence-electron chi connectivity index (χ2n) is 7.06. The molecule has 1 aliphatic heterocycles. The Labute approximate surface area is 161 Å². The van der Waals surface area contributed by atoms with Gasteiger partial charge >= 0.3 is 0 Å². The van der Waals surface area contributed by atoms with E-state index >= 15 is 0 Å². The van der Waals surface area contributed by atoms with Crippen LogP contribution < -0.4 is 0 Å². The molecule has 7 heteroatoms. The van der Waals surface area contributed by atoms with Crippen molar-refractivity contribution in [1.29, 1.82) is 0 Å². The van der Waals surface area contributed by atoms with Crippen molar-refractivity contribution >= 4 is 11.6 Å². The zero-order chi connectivity index (χ0) is 20.3. The number of benzene rings is 2. The quantitative estimate of drug-likeness (QED) is 0.739. The molecule has 0 bridgehead atoms. The molecule has 0 radical (unpaired) electrons. The third kappa shape index (κ3) is 4.52. The van der Waals surface area contributed by atoms with Crippen LogP contribution in [0.2, 0.25) is 0 Å². The number of hydrogen-bond acceptors (Lipinski definition) is 3. The van der Waals surface area contributed by atoms with Gasteiger partial charge < -0.3 is 9.74 Å². The molecule has 0 spiro atoms. The lowest BCUT2D eigenvalue weighted by atomic mass is 10.0. The van der Waals surface area contributed by atoms with E-state index in [1.54, 1.807) is 32.0 Å². The minimum Gasteiger partial charge on any atom is -0.390 e. The van der Waals surface area contributed by atoms with Gasteiger partial charge in [0.05, 0.1) is 12.3 Å². The van der Waals surface area contributed by atoms with E-state index in [1.165, 1.54) is 17.0 Å². The number of nitrogens with zero attached hydrogens (tertiary/aromatic N) is 2. The summed E-state index contributed by atoms with van der Waals surface area (Å²) in [6.07, 6.45) is -0.226. The Kier molecular flexibility index (Phi) is 6.02. The Hall–Kier alpha value is -2.83. The van der Waals surface area contributed by atoms with Gasteiger partial charge in [-0.2, -0.15) is 0 Å². The van der Waals surface area contributed by atoms with Gasteiger partial charge in [-0.3, -0.25) is 4.79 Å². The number of amides is 1. The number of carbonyl (C=O) groups is 1. The van der Waals surface area contributed by atoms with Crippen LogP contribution in [-0.4, -0.2) is 29.2 Å². The van der Waals surface area contributed by atoms with Crippen LogP contribution in [0.4, 0.5) is 13.2 Å². The normalized spacial score (nSPS) is 16.1. The smallest absolute Gasteiger partial charge is 0.225 e. The lowest BCUT2D eigenvalue weighted by Crippen LogP contribution is -2.39. The molecule has 148 valence electrons. The predicted molar refractivity (Wildman–Crippen MR) is 99.0 cm³/mol. The fourth-order valence-electron chi connectivity index (χ4n) is 3.08. The molecule has 0 unspecified atom stereocenters. The van der Waals surface area contributed by atoms with Gasteiger partial charge in [-0.1, -0.05) is 37.2 Å². The van der Waals surface area contributed by atoms with Gasteiger partial charge in [-0.25, -0.2) is 13.2 Å². The average Bonchev–Trinajstić information content (AvgIpc) is 3.10. The standard InChI is InChI=1S/C21H21F3N2O2/c1-13(2)21(27)26(11-14-5-3-4-6-18(14)23)12-16-10-20(25-28-16)17-8-7-15(22)9-19(17)24/h3-9,13,16H,10-12H2,1-2H3/t16-/m0/s1. The summed E-state index contributed by atoms with van der Waals surface area (Å²) in [5, 5.41) is 3.90. The molecule has 0 saturated heterocycles. The Bertz CT molecular complexity index is 899. The van der Waals surface area contributed by atoms with Crippen molar-refractivity contribution in [3.8, 4) is 0 Å². The highest BCUT2D eigenvalue weighted by molar-refractivity contribution is 6.01. The lowest BCUT2D eigenvalue weighted by molar-refractivity contribution is -0.137. The van der Waals surface area contributed by atoms with Crippen LogP contribution in [0.15, 0.2) is 47.6 Å². The number of rotatable bonds is 6. The molecule has 1 amide bonds. The van der Waals surface area contributed by atoms with Crippen LogP contribution in [-0.2, 0) is 16.2 Å². The molecule has 3 rings (SSSR count). The van der Waals surface area contributed by atoms with E-state index in [1.807, 2.05) is 0 Å². The zero-order valence-corrected chi connectivity index (χ0v) is 15.7. The molecule has 2 aromatic rings. The van der Waals surface area contributed by atoms with Crippen LogP contribution in [0.25, 0.3) is 0 Å². The SMILES string of the molecule is CC(C)C(=O)N(Cc1ccccc1F)C[C@@H]1CC(c2ccc(F)cc2F)=NO1. The Morgan fingerprint density at radius 1 is 1.18 bits per heavy atom. The van der Waals surface area contributed by atoms with Gasteiger partial charge in [0.25, 0.3) is 0 Å². The molecule has 28 heavy (non-hydrogen) atoms. The number of halogens is 3. The number of hydrogen-bond donors (Lipinski definition) is 0. The van der Waals surface area contributed by atoms with Crippen LogP contribution >= 0.6 is 0 Å². The molecule has 0 aromatic heterocycles. The third-order valence-electron chi connectivity index (χ3n) is 4.52. The molecule has 4 nitrogen and oxygen atoms in total. The van der Waals surface area contributed by atoms with Crippen LogP contribution in [0.3, 0.4) is 0 Å². The summed E-state index contributed by atoms with van der Waals surface area (Å²) in [6.45, 7) is 3.81. The van der Waals surface area contributed by atoms with Crippen molar-refractivity contribution in [3.05, 3.63) is 71.0 Å². The molecule has 0 saturated carbocycles. The Morgan fingerprint density at radius 3 is 2.61 bits per heavy atom. The summed E-state index contributed by atoms with van der Waals surface area (Å²) in [5.41, 5.74) is 0.922. The van der Waals surface area contributed by atoms with E-state index in [9.17, 15) is 18.0 Å². The van der Waals surface area contributed by atoms with Gasteiger partial charge in [-0.15, -0.1) is 0 Å². The minimum atomic E-state index is -0.718. The van der Waals surface area contributed by atoms with E-state index < -0.39 is 17.7 Å². The van der Waals surface area contributed by atoms with Crippen molar-refractivity contribution in [3.63, 3.8) is 0 Å². The van der Waals surface area contributed by atoms with Gasteiger partial charge in [-0.05, 0) is 18.2 Å². The van der Waals surface area contributed by atoms with Crippen LogP contribution in [0.5, 0.6) is 0 Å². The first kappa shape index (κ1) is 19.9. The maximum Gasteiger partial charge on any atom is 0.225 e. The maximum atomic E-state index is 14.0. The third-order valence-corrected chi connectivity index (χ3v) is 4.52. The molecule has 0 aliphatic carbocycles. The first-order valence-electron chi connectivity index (χ1n) is 9.05. The molecular formula is C21H21F3N2O2. The van der Waals surface area contributed by atoms with Gasteiger partial charge in [0.2, 0.25) is 5.91 Å². The van der Waals surface area contributed by atoms with E-state index in [0.717, 1.165) is 12.1 Å². The zero-order valence-electron chi connectivity index (χ0n) is 15.7. The summed E-state index contributed by atoms with van der Waals surface area (Å²) in [5.74, 6) is -2.20. The fourth-order valence-corrected chi connectivity index (χ4v) is 3.08. The maximum absolute atomic E-state index is 14.0. The fraction of sp³-hybridized carbons (Fsp3) is 0.333. The Balaban J connectivity index is 1.72. The van der Waals surface area contributed by atoms with Crippen molar-refractivity contribution in [2.45, 2.75) is 32.9 Å². The largest absolute Gasteiger partial charge is 0.390 e. The van der Waals surface area contributed by atoms with Crippen molar-refractivity contribution < 1.29 is 22.8 Å². The first-order chi connectivity index (χ1) is 13.3. The monoisotopic (exact) mass is 390 g/mol. The van der Waals surface area contributed by atoms with Crippen molar-refractivity contribution in [2.24, 2.45) is 11.1 Å². The van der Waals surface area contributed by atoms with E-state index in [2.05, 4.69) is 5.16 Å². The summed E-state index contributed by atoms with van der Waals surface area (Å²) in [7, 11) is 0. The van der Waals surface area contributed by atoms with Crippen LogP contribution in [0, 0.1) is 23.4 Å².